The van der Waals surface area contributed by atoms with E-state index in [2.05, 4.69) is 42.2 Å². The van der Waals surface area contributed by atoms with Crippen molar-refractivity contribution in [3.05, 3.63) is 59.4 Å². The molecule has 0 spiro atoms. The number of nitrogens with one attached hydrogen (secondary N) is 1. The molecule has 0 fully saturated rings. The van der Waals surface area contributed by atoms with Crippen molar-refractivity contribution in [3.8, 4) is 0 Å². The Labute approximate surface area is 90.1 Å². The fourth-order valence-corrected chi connectivity index (χ4v) is 1.89. The lowest BCUT2D eigenvalue weighted by atomic mass is 9.95. The van der Waals surface area contributed by atoms with Gasteiger partial charge in [0, 0.05) is 24.4 Å². The van der Waals surface area contributed by atoms with Gasteiger partial charge in [0.2, 0.25) is 0 Å². The van der Waals surface area contributed by atoms with Gasteiger partial charge in [-0.2, -0.15) is 0 Å². The highest BCUT2D eigenvalue weighted by Crippen LogP contribution is 2.22. The largest absolute Gasteiger partial charge is 0.364 e. The molecule has 1 aromatic heterocycles. The third-order valence-corrected chi connectivity index (χ3v) is 2.68. The van der Waals surface area contributed by atoms with Gasteiger partial charge in [-0.3, -0.25) is 0 Å². The van der Waals surface area contributed by atoms with E-state index in [4.69, 9.17) is 5.73 Å². The Bertz CT molecular complexity index is 418. The van der Waals surface area contributed by atoms with Crippen LogP contribution in [0.2, 0.25) is 0 Å². The maximum atomic E-state index is 5.83. The average Bonchev–Trinajstić information content (AvgIpc) is 2.72. The maximum Gasteiger partial charge on any atom is 0.0363 e. The number of benzene rings is 1. The Balaban J connectivity index is 2.35. The minimum atomic E-state index is 0.278. The van der Waals surface area contributed by atoms with E-state index in [1.807, 2.05) is 12.3 Å². The Morgan fingerprint density at radius 2 is 2.13 bits per heavy atom. The van der Waals surface area contributed by atoms with E-state index in [0.29, 0.717) is 6.54 Å². The van der Waals surface area contributed by atoms with Crippen LogP contribution in [0.15, 0.2) is 42.6 Å². The van der Waals surface area contributed by atoms with Crippen LogP contribution in [-0.4, -0.2) is 11.5 Å². The summed E-state index contributed by atoms with van der Waals surface area (Å²) >= 11 is 0. The van der Waals surface area contributed by atoms with E-state index < -0.39 is 0 Å². The lowest BCUT2D eigenvalue weighted by molar-refractivity contribution is 0.793. The molecule has 0 aliphatic heterocycles. The lowest BCUT2D eigenvalue weighted by Gasteiger charge is -2.14. The van der Waals surface area contributed by atoms with Crippen LogP contribution in [0.25, 0.3) is 0 Å². The van der Waals surface area contributed by atoms with Crippen molar-refractivity contribution in [3.63, 3.8) is 0 Å². The molecule has 1 heterocycles. The fraction of sp³-hybridized carbons (Fsp3) is 0.231. The maximum absolute atomic E-state index is 5.83. The molecule has 1 unspecified atom stereocenters. The van der Waals surface area contributed by atoms with E-state index in [-0.39, 0.29) is 5.92 Å². The minimum Gasteiger partial charge on any atom is -0.364 e. The second-order valence-corrected chi connectivity index (χ2v) is 3.83. The van der Waals surface area contributed by atoms with Crippen LogP contribution in [0.3, 0.4) is 0 Å². The highest BCUT2D eigenvalue weighted by Gasteiger charge is 2.12. The van der Waals surface area contributed by atoms with Gasteiger partial charge in [-0.1, -0.05) is 29.8 Å². The summed E-state index contributed by atoms with van der Waals surface area (Å²) < 4.78 is 0. The van der Waals surface area contributed by atoms with Gasteiger partial charge in [0.1, 0.15) is 0 Å². The van der Waals surface area contributed by atoms with Gasteiger partial charge in [-0.25, -0.2) is 0 Å². The van der Waals surface area contributed by atoms with Crippen LogP contribution in [0.1, 0.15) is 22.7 Å². The number of hydrogen-bond acceptors (Lipinski definition) is 1. The van der Waals surface area contributed by atoms with Crippen molar-refractivity contribution >= 4 is 0 Å². The third kappa shape index (κ3) is 2.10. The Morgan fingerprint density at radius 3 is 2.73 bits per heavy atom. The zero-order chi connectivity index (χ0) is 10.7. The molecule has 78 valence electrons. The summed E-state index contributed by atoms with van der Waals surface area (Å²) in [5, 5.41) is 0. The summed E-state index contributed by atoms with van der Waals surface area (Å²) in [5.41, 5.74) is 9.56. The molecule has 0 bridgehead atoms. The molecule has 2 heteroatoms. The molecule has 3 N–H and O–H groups in total. The molecule has 2 nitrogen and oxygen atoms in total. The molecule has 0 saturated heterocycles. The van der Waals surface area contributed by atoms with Crippen molar-refractivity contribution in [2.75, 3.05) is 6.54 Å². The van der Waals surface area contributed by atoms with Crippen molar-refractivity contribution in [2.45, 2.75) is 12.8 Å². The Kier molecular flexibility index (Phi) is 2.88. The van der Waals surface area contributed by atoms with E-state index in [1.54, 1.807) is 0 Å². The number of aromatic amines is 1. The molecule has 0 radical (unpaired) electrons. The molecule has 2 rings (SSSR count). The molecule has 0 saturated carbocycles. The standard InChI is InChI=1S/C13H16N2/c1-10-4-2-5-11(8-10)12(9-14)13-6-3-7-15-13/h2-8,12,15H,9,14H2,1H3. The second kappa shape index (κ2) is 4.32. The third-order valence-electron chi connectivity index (χ3n) is 2.68. The zero-order valence-corrected chi connectivity index (χ0v) is 8.90. The summed E-state index contributed by atoms with van der Waals surface area (Å²) in [7, 11) is 0. The highest BCUT2D eigenvalue weighted by molar-refractivity contribution is 5.32. The number of aromatic nitrogens is 1. The van der Waals surface area contributed by atoms with Crippen LogP contribution in [-0.2, 0) is 0 Å². The first-order chi connectivity index (χ1) is 7.31. The summed E-state index contributed by atoms with van der Waals surface area (Å²) in [5.74, 6) is 0.278. The Morgan fingerprint density at radius 1 is 1.27 bits per heavy atom. The van der Waals surface area contributed by atoms with E-state index in [1.165, 1.54) is 16.8 Å². The topological polar surface area (TPSA) is 41.8 Å². The predicted octanol–water partition coefficient (Wildman–Crippen LogP) is 2.41. The van der Waals surface area contributed by atoms with Gasteiger partial charge in [-0.15, -0.1) is 0 Å². The number of aryl methyl sites for hydroxylation is 1. The number of H-pyrrole nitrogens is 1. The van der Waals surface area contributed by atoms with Crippen LogP contribution in [0.4, 0.5) is 0 Å². The predicted molar refractivity (Wildman–Crippen MR) is 62.9 cm³/mol. The van der Waals surface area contributed by atoms with Crippen LogP contribution < -0.4 is 5.73 Å². The first-order valence-corrected chi connectivity index (χ1v) is 5.21. The molecule has 2 aromatic rings. The van der Waals surface area contributed by atoms with E-state index >= 15 is 0 Å². The van der Waals surface area contributed by atoms with Crippen molar-refractivity contribution in [1.29, 1.82) is 0 Å². The molecule has 1 aromatic carbocycles. The molecule has 0 aliphatic rings. The van der Waals surface area contributed by atoms with Gasteiger partial charge in [0.25, 0.3) is 0 Å². The van der Waals surface area contributed by atoms with E-state index in [0.717, 1.165) is 0 Å². The van der Waals surface area contributed by atoms with Gasteiger partial charge >= 0.3 is 0 Å². The number of nitrogens with two attached hydrogens (primary N) is 1. The van der Waals surface area contributed by atoms with Gasteiger partial charge in [0.15, 0.2) is 0 Å². The second-order valence-electron chi connectivity index (χ2n) is 3.83. The lowest BCUT2D eigenvalue weighted by Crippen LogP contribution is -2.14. The zero-order valence-electron chi connectivity index (χ0n) is 8.90. The molecular weight excluding hydrogens is 184 g/mol. The van der Waals surface area contributed by atoms with Crippen LogP contribution in [0.5, 0.6) is 0 Å². The highest BCUT2D eigenvalue weighted by atomic mass is 14.7. The average molecular weight is 200 g/mol. The normalized spacial score (nSPS) is 12.7. The molecule has 0 amide bonds. The summed E-state index contributed by atoms with van der Waals surface area (Å²) in [6, 6.07) is 12.6. The first kappa shape index (κ1) is 9.99. The SMILES string of the molecule is Cc1cccc(C(CN)c2ccc[nH]2)c1. The van der Waals surface area contributed by atoms with Crippen molar-refractivity contribution in [2.24, 2.45) is 5.73 Å². The number of rotatable bonds is 3. The van der Waals surface area contributed by atoms with Crippen LogP contribution in [0, 0.1) is 6.92 Å². The van der Waals surface area contributed by atoms with Crippen LogP contribution >= 0.6 is 0 Å². The number of hydrogen-bond donors (Lipinski definition) is 2. The summed E-state index contributed by atoms with van der Waals surface area (Å²) in [6.07, 6.45) is 1.94. The van der Waals surface area contributed by atoms with Gasteiger partial charge < -0.3 is 10.7 Å². The van der Waals surface area contributed by atoms with Crippen molar-refractivity contribution in [1.82, 2.24) is 4.98 Å². The van der Waals surface area contributed by atoms with Gasteiger partial charge in [0.05, 0.1) is 0 Å². The Hall–Kier alpha value is -1.54. The van der Waals surface area contributed by atoms with Gasteiger partial charge in [-0.05, 0) is 24.6 Å². The molecule has 1 atom stereocenters. The van der Waals surface area contributed by atoms with Crippen molar-refractivity contribution < 1.29 is 0 Å². The quantitative estimate of drug-likeness (QED) is 0.785. The molecule has 0 aliphatic carbocycles. The fourth-order valence-electron chi connectivity index (χ4n) is 1.89. The molecular formula is C13H16N2. The minimum absolute atomic E-state index is 0.278. The van der Waals surface area contributed by atoms with E-state index in [9.17, 15) is 0 Å². The smallest absolute Gasteiger partial charge is 0.0363 e. The monoisotopic (exact) mass is 200 g/mol. The summed E-state index contributed by atoms with van der Waals surface area (Å²) in [6.45, 7) is 2.73. The molecule has 15 heavy (non-hydrogen) atoms. The summed E-state index contributed by atoms with van der Waals surface area (Å²) in [4.78, 5) is 3.23. The first-order valence-electron chi connectivity index (χ1n) is 5.21.